The van der Waals surface area contributed by atoms with E-state index in [9.17, 15) is 9.18 Å². The molecule has 1 heterocycles. The van der Waals surface area contributed by atoms with Crippen molar-refractivity contribution in [1.29, 1.82) is 0 Å². The number of nitrogens with zero attached hydrogens (tertiary/aromatic N) is 1. The topological polar surface area (TPSA) is 32.3 Å². The smallest absolute Gasteiger partial charge is 0.317 e. The van der Waals surface area contributed by atoms with Gasteiger partial charge in [-0.2, -0.15) is 0 Å². The SMILES string of the molecule is O=C(NC1CC1)N1CC[C@@H](c2cccc(F)c2)C1. The summed E-state index contributed by atoms with van der Waals surface area (Å²) in [4.78, 5) is 13.7. The zero-order chi connectivity index (χ0) is 12.5. The number of hydrogen-bond acceptors (Lipinski definition) is 1. The molecule has 1 atom stereocenters. The molecule has 0 spiro atoms. The summed E-state index contributed by atoms with van der Waals surface area (Å²) in [7, 11) is 0. The van der Waals surface area contributed by atoms with Crippen LogP contribution in [0.2, 0.25) is 0 Å². The van der Waals surface area contributed by atoms with Crippen molar-refractivity contribution in [2.45, 2.75) is 31.2 Å². The molecule has 1 aromatic carbocycles. The van der Waals surface area contributed by atoms with E-state index in [1.807, 2.05) is 11.0 Å². The summed E-state index contributed by atoms with van der Waals surface area (Å²) in [5, 5.41) is 2.99. The first kappa shape index (κ1) is 11.5. The molecule has 3 nitrogen and oxygen atoms in total. The second kappa shape index (κ2) is 4.59. The van der Waals surface area contributed by atoms with E-state index in [2.05, 4.69) is 5.32 Å². The van der Waals surface area contributed by atoms with Gasteiger partial charge < -0.3 is 10.2 Å². The molecular formula is C14H17FN2O. The van der Waals surface area contributed by atoms with E-state index in [-0.39, 0.29) is 17.8 Å². The largest absolute Gasteiger partial charge is 0.335 e. The third-order valence-electron chi connectivity index (χ3n) is 3.70. The van der Waals surface area contributed by atoms with Crippen LogP contribution >= 0.6 is 0 Å². The van der Waals surface area contributed by atoms with Crippen molar-refractivity contribution in [3.05, 3.63) is 35.6 Å². The minimum Gasteiger partial charge on any atom is -0.335 e. The molecule has 1 saturated heterocycles. The third kappa shape index (κ3) is 2.47. The van der Waals surface area contributed by atoms with E-state index >= 15 is 0 Å². The molecule has 1 aliphatic carbocycles. The van der Waals surface area contributed by atoms with Crippen LogP contribution in [0.4, 0.5) is 9.18 Å². The monoisotopic (exact) mass is 248 g/mol. The zero-order valence-corrected chi connectivity index (χ0v) is 10.2. The molecule has 1 aromatic rings. The fourth-order valence-electron chi connectivity index (χ4n) is 2.47. The van der Waals surface area contributed by atoms with E-state index in [1.165, 1.54) is 6.07 Å². The molecule has 18 heavy (non-hydrogen) atoms. The molecule has 1 aliphatic heterocycles. The van der Waals surface area contributed by atoms with Crippen LogP contribution in [-0.2, 0) is 0 Å². The van der Waals surface area contributed by atoms with Gasteiger partial charge in [-0.15, -0.1) is 0 Å². The van der Waals surface area contributed by atoms with Crippen molar-refractivity contribution >= 4 is 6.03 Å². The molecule has 2 amide bonds. The van der Waals surface area contributed by atoms with E-state index in [0.29, 0.717) is 12.6 Å². The Bertz CT molecular complexity index is 459. The average Bonchev–Trinajstić information content (AvgIpc) is 3.03. The molecule has 4 heteroatoms. The maximum absolute atomic E-state index is 13.2. The highest BCUT2D eigenvalue weighted by molar-refractivity contribution is 5.75. The highest BCUT2D eigenvalue weighted by atomic mass is 19.1. The molecular weight excluding hydrogens is 231 g/mol. The van der Waals surface area contributed by atoms with Gasteiger partial charge in [0.15, 0.2) is 0 Å². The van der Waals surface area contributed by atoms with Crippen LogP contribution in [0.15, 0.2) is 24.3 Å². The summed E-state index contributed by atoms with van der Waals surface area (Å²) in [5.74, 6) is 0.0686. The number of rotatable bonds is 2. The van der Waals surface area contributed by atoms with Crippen molar-refractivity contribution in [3.63, 3.8) is 0 Å². The Morgan fingerprint density at radius 1 is 1.33 bits per heavy atom. The van der Waals surface area contributed by atoms with Gasteiger partial charge >= 0.3 is 6.03 Å². The number of benzene rings is 1. The van der Waals surface area contributed by atoms with E-state index in [0.717, 1.165) is 31.4 Å². The Morgan fingerprint density at radius 2 is 2.17 bits per heavy atom. The Labute approximate surface area is 106 Å². The van der Waals surface area contributed by atoms with Crippen LogP contribution < -0.4 is 5.32 Å². The maximum Gasteiger partial charge on any atom is 0.317 e. The van der Waals surface area contributed by atoms with E-state index in [1.54, 1.807) is 12.1 Å². The van der Waals surface area contributed by atoms with Crippen LogP contribution in [0.1, 0.15) is 30.7 Å². The fourth-order valence-corrected chi connectivity index (χ4v) is 2.47. The normalized spacial score (nSPS) is 23.2. The Kier molecular flexibility index (Phi) is 2.94. The lowest BCUT2D eigenvalue weighted by atomic mass is 9.98. The van der Waals surface area contributed by atoms with Crippen LogP contribution in [0.3, 0.4) is 0 Å². The molecule has 3 rings (SSSR count). The zero-order valence-electron chi connectivity index (χ0n) is 10.2. The number of likely N-dealkylation sites (tertiary alicyclic amines) is 1. The number of halogens is 1. The predicted molar refractivity (Wildman–Crippen MR) is 66.9 cm³/mol. The fraction of sp³-hybridized carbons (Fsp3) is 0.500. The van der Waals surface area contributed by atoms with Crippen LogP contribution in [0.5, 0.6) is 0 Å². The number of carbonyl (C=O) groups excluding carboxylic acids is 1. The van der Waals surface area contributed by atoms with Gasteiger partial charge in [-0.1, -0.05) is 12.1 Å². The summed E-state index contributed by atoms with van der Waals surface area (Å²) in [6, 6.07) is 7.14. The lowest BCUT2D eigenvalue weighted by molar-refractivity contribution is 0.208. The van der Waals surface area contributed by atoms with E-state index < -0.39 is 0 Å². The molecule has 0 radical (unpaired) electrons. The molecule has 0 aromatic heterocycles. The minimum atomic E-state index is -0.201. The van der Waals surface area contributed by atoms with Gasteiger partial charge in [-0.25, -0.2) is 9.18 Å². The standard InChI is InChI=1S/C14H17FN2O/c15-12-3-1-2-10(8-12)11-6-7-17(9-11)14(18)16-13-4-5-13/h1-3,8,11,13H,4-7,9H2,(H,16,18)/t11-/m1/s1. The highest BCUT2D eigenvalue weighted by Crippen LogP contribution is 2.28. The van der Waals surface area contributed by atoms with Gasteiger partial charge in [0.25, 0.3) is 0 Å². The summed E-state index contributed by atoms with van der Waals surface area (Å²) in [5.41, 5.74) is 0.997. The molecule has 1 N–H and O–H groups in total. The lowest BCUT2D eigenvalue weighted by Gasteiger charge is -2.17. The van der Waals surface area contributed by atoms with Crippen molar-refractivity contribution in [2.24, 2.45) is 0 Å². The second-order valence-corrected chi connectivity index (χ2v) is 5.21. The molecule has 2 aliphatic rings. The number of amides is 2. The summed E-state index contributed by atoms with van der Waals surface area (Å²) in [6.45, 7) is 1.46. The van der Waals surface area contributed by atoms with Gasteiger partial charge in [0.05, 0.1) is 0 Å². The molecule has 2 fully saturated rings. The molecule has 96 valence electrons. The van der Waals surface area contributed by atoms with Crippen molar-refractivity contribution in [1.82, 2.24) is 10.2 Å². The first-order valence-electron chi connectivity index (χ1n) is 6.53. The number of nitrogens with one attached hydrogen (secondary N) is 1. The first-order valence-corrected chi connectivity index (χ1v) is 6.53. The second-order valence-electron chi connectivity index (χ2n) is 5.21. The average molecular weight is 248 g/mol. The molecule has 1 saturated carbocycles. The van der Waals surface area contributed by atoms with Crippen molar-refractivity contribution in [3.8, 4) is 0 Å². The number of urea groups is 1. The van der Waals surface area contributed by atoms with Crippen molar-refractivity contribution in [2.75, 3.05) is 13.1 Å². The number of hydrogen-bond donors (Lipinski definition) is 1. The maximum atomic E-state index is 13.2. The quantitative estimate of drug-likeness (QED) is 0.856. The predicted octanol–water partition coefficient (Wildman–Crippen LogP) is 2.49. The van der Waals surface area contributed by atoms with Gasteiger partial charge in [0, 0.05) is 25.0 Å². The van der Waals surface area contributed by atoms with Gasteiger partial charge in [-0.05, 0) is 37.0 Å². The highest BCUT2D eigenvalue weighted by Gasteiger charge is 2.30. The summed E-state index contributed by atoms with van der Waals surface area (Å²) >= 11 is 0. The lowest BCUT2D eigenvalue weighted by Crippen LogP contribution is -2.39. The van der Waals surface area contributed by atoms with Crippen LogP contribution in [0, 0.1) is 5.82 Å². The van der Waals surface area contributed by atoms with Gasteiger partial charge in [-0.3, -0.25) is 0 Å². The van der Waals surface area contributed by atoms with Gasteiger partial charge in [0.1, 0.15) is 5.82 Å². The summed E-state index contributed by atoms with van der Waals surface area (Å²) < 4.78 is 13.2. The Balaban J connectivity index is 1.62. The van der Waals surface area contributed by atoms with Crippen LogP contribution in [0.25, 0.3) is 0 Å². The first-order chi connectivity index (χ1) is 8.72. The number of carbonyl (C=O) groups is 1. The van der Waals surface area contributed by atoms with Crippen molar-refractivity contribution < 1.29 is 9.18 Å². The third-order valence-corrected chi connectivity index (χ3v) is 3.70. The molecule has 0 bridgehead atoms. The molecule has 0 unspecified atom stereocenters. The van der Waals surface area contributed by atoms with Crippen LogP contribution in [-0.4, -0.2) is 30.1 Å². The summed E-state index contributed by atoms with van der Waals surface area (Å²) in [6.07, 6.45) is 3.13. The Morgan fingerprint density at radius 3 is 2.89 bits per heavy atom. The van der Waals surface area contributed by atoms with Gasteiger partial charge in [0.2, 0.25) is 0 Å². The minimum absolute atomic E-state index is 0.0383. The Hall–Kier alpha value is -1.58. The van der Waals surface area contributed by atoms with E-state index in [4.69, 9.17) is 0 Å².